The van der Waals surface area contributed by atoms with Crippen LogP contribution in [0.25, 0.3) is 0 Å². The molecule has 1 rings (SSSR count). The first-order valence-corrected chi connectivity index (χ1v) is 7.53. The fourth-order valence-electron chi connectivity index (χ4n) is 2.19. The van der Waals surface area contributed by atoms with E-state index in [4.69, 9.17) is 10.5 Å². The summed E-state index contributed by atoms with van der Waals surface area (Å²) in [6.45, 7) is 5.45. The predicted octanol–water partition coefficient (Wildman–Crippen LogP) is 0.321. The maximum absolute atomic E-state index is 11.6. The number of nitrogens with zero attached hydrogens (tertiary/aromatic N) is 2. The summed E-state index contributed by atoms with van der Waals surface area (Å²) in [6, 6.07) is 0.169. The van der Waals surface area contributed by atoms with E-state index in [0.29, 0.717) is 25.7 Å². The van der Waals surface area contributed by atoms with Gasteiger partial charge in [0.2, 0.25) is 0 Å². The molecular formula is C14H26N4O4. The molecule has 0 spiro atoms. The van der Waals surface area contributed by atoms with Crippen LogP contribution in [0.4, 0.5) is 4.79 Å². The lowest BCUT2D eigenvalue weighted by Gasteiger charge is -2.31. The number of aliphatic imine (C=N–C) groups is 1. The van der Waals surface area contributed by atoms with E-state index in [0.717, 1.165) is 12.8 Å². The topological polar surface area (TPSA) is 106 Å². The largest absolute Gasteiger partial charge is 0.469 e. The number of likely N-dealkylation sites (tertiary alicyclic amines) is 1. The van der Waals surface area contributed by atoms with Crippen LogP contribution < -0.4 is 11.1 Å². The highest BCUT2D eigenvalue weighted by molar-refractivity contribution is 5.79. The lowest BCUT2D eigenvalue weighted by Crippen LogP contribution is -2.48. The number of carbonyl (C=O) groups is 2. The van der Waals surface area contributed by atoms with Crippen molar-refractivity contribution in [2.45, 2.75) is 32.7 Å². The first-order valence-electron chi connectivity index (χ1n) is 7.53. The van der Waals surface area contributed by atoms with Crippen molar-refractivity contribution in [2.24, 2.45) is 16.6 Å². The van der Waals surface area contributed by atoms with Crippen molar-refractivity contribution >= 4 is 18.0 Å². The average Bonchev–Trinajstić information content (AvgIpc) is 2.52. The first kappa shape index (κ1) is 18.1. The van der Waals surface area contributed by atoms with Gasteiger partial charge in [0.25, 0.3) is 0 Å². The minimum Gasteiger partial charge on any atom is -0.469 e. The molecule has 1 saturated heterocycles. The highest BCUT2D eigenvalue weighted by Crippen LogP contribution is 2.11. The highest BCUT2D eigenvalue weighted by atomic mass is 16.6. The fourth-order valence-corrected chi connectivity index (χ4v) is 2.19. The monoisotopic (exact) mass is 314 g/mol. The minimum atomic E-state index is -0.323. The number of piperidine rings is 1. The molecule has 1 heterocycles. The van der Waals surface area contributed by atoms with Crippen LogP contribution in [0, 0.1) is 5.92 Å². The van der Waals surface area contributed by atoms with E-state index in [-0.39, 0.29) is 30.6 Å². The van der Waals surface area contributed by atoms with Crippen LogP contribution >= 0.6 is 0 Å². The molecule has 126 valence electrons. The minimum absolute atomic E-state index is 0.169. The van der Waals surface area contributed by atoms with Crippen LogP contribution in [-0.4, -0.2) is 62.3 Å². The second-order valence-electron chi connectivity index (χ2n) is 5.25. The van der Waals surface area contributed by atoms with Crippen molar-refractivity contribution in [1.82, 2.24) is 10.2 Å². The number of esters is 1. The van der Waals surface area contributed by atoms with Crippen LogP contribution in [0.5, 0.6) is 0 Å². The molecule has 0 aliphatic carbocycles. The van der Waals surface area contributed by atoms with Gasteiger partial charge in [0.15, 0.2) is 5.96 Å². The summed E-state index contributed by atoms with van der Waals surface area (Å²) in [4.78, 5) is 28.7. The van der Waals surface area contributed by atoms with Gasteiger partial charge in [0.1, 0.15) is 0 Å². The van der Waals surface area contributed by atoms with Gasteiger partial charge in [0.05, 0.1) is 26.2 Å². The Bertz CT molecular complexity index is 406. The third-order valence-electron chi connectivity index (χ3n) is 3.51. The Kier molecular flexibility index (Phi) is 7.48. The van der Waals surface area contributed by atoms with E-state index < -0.39 is 0 Å². The summed E-state index contributed by atoms with van der Waals surface area (Å²) in [5.74, 6) is -0.319. The number of nitrogens with two attached hydrogens (primary N) is 1. The predicted molar refractivity (Wildman–Crippen MR) is 82.4 cm³/mol. The van der Waals surface area contributed by atoms with Gasteiger partial charge in [-0.3, -0.25) is 9.79 Å². The maximum atomic E-state index is 11.6. The van der Waals surface area contributed by atoms with Gasteiger partial charge in [-0.1, -0.05) is 6.92 Å². The Morgan fingerprint density at radius 2 is 2.05 bits per heavy atom. The molecule has 0 aromatic rings. The summed E-state index contributed by atoms with van der Waals surface area (Å²) in [7, 11) is 1.35. The van der Waals surface area contributed by atoms with E-state index >= 15 is 0 Å². The number of ether oxygens (including phenoxy) is 2. The molecule has 1 fully saturated rings. The third kappa shape index (κ3) is 5.79. The molecule has 0 bridgehead atoms. The molecule has 22 heavy (non-hydrogen) atoms. The summed E-state index contributed by atoms with van der Waals surface area (Å²) < 4.78 is 9.60. The summed E-state index contributed by atoms with van der Waals surface area (Å²) in [5, 5.41) is 3.12. The van der Waals surface area contributed by atoms with Crippen molar-refractivity contribution in [3.8, 4) is 0 Å². The Hall–Kier alpha value is -1.99. The summed E-state index contributed by atoms with van der Waals surface area (Å²) >= 11 is 0. The second kappa shape index (κ2) is 9.11. The van der Waals surface area contributed by atoms with Crippen LogP contribution in [0.2, 0.25) is 0 Å². The van der Waals surface area contributed by atoms with Crippen molar-refractivity contribution in [3.63, 3.8) is 0 Å². The third-order valence-corrected chi connectivity index (χ3v) is 3.51. The van der Waals surface area contributed by atoms with Gasteiger partial charge in [0, 0.05) is 19.1 Å². The van der Waals surface area contributed by atoms with Crippen LogP contribution in [-0.2, 0) is 14.3 Å². The molecule has 1 atom stereocenters. The van der Waals surface area contributed by atoms with E-state index in [1.54, 1.807) is 18.7 Å². The fraction of sp³-hybridized carbons (Fsp3) is 0.786. The number of amides is 1. The summed E-state index contributed by atoms with van der Waals surface area (Å²) in [6.07, 6.45) is 1.29. The molecule has 0 radical (unpaired) electrons. The molecule has 1 unspecified atom stereocenters. The Morgan fingerprint density at radius 1 is 1.41 bits per heavy atom. The molecule has 1 amide bonds. The smallest absolute Gasteiger partial charge is 0.409 e. The molecule has 0 aromatic heterocycles. The Labute approximate surface area is 131 Å². The zero-order chi connectivity index (χ0) is 16.5. The van der Waals surface area contributed by atoms with Gasteiger partial charge in [-0.2, -0.15) is 0 Å². The van der Waals surface area contributed by atoms with Crippen molar-refractivity contribution in [1.29, 1.82) is 0 Å². The highest BCUT2D eigenvalue weighted by Gasteiger charge is 2.23. The molecular weight excluding hydrogens is 288 g/mol. The number of hydrogen-bond acceptors (Lipinski definition) is 5. The normalized spacial score (nSPS) is 17.8. The standard InChI is InChI=1S/C14H26N4O4/c1-4-22-14(20)18-7-5-11(6-8-18)17-13(15)16-9-10(2)12(19)21-3/h10-11H,4-9H2,1-3H3,(H3,15,16,17). The average molecular weight is 314 g/mol. The quantitative estimate of drug-likeness (QED) is 0.430. The summed E-state index contributed by atoms with van der Waals surface area (Å²) in [5.41, 5.74) is 5.82. The molecule has 0 saturated carbocycles. The first-order chi connectivity index (χ1) is 10.5. The lowest BCUT2D eigenvalue weighted by molar-refractivity contribution is -0.144. The van der Waals surface area contributed by atoms with Crippen LogP contribution in [0.15, 0.2) is 4.99 Å². The second-order valence-corrected chi connectivity index (χ2v) is 5.25. The number of hydrogen-bond donors (Lipinski definition) is 2. The van der Waals surface area contributed by atoms with E-state index in [2.05, 4.69) is 15.0 Å². The molecule has 0 aromatic carbocycles. The SMILES string of the molecule is CCOC(=O)N1CCC(NC(N)=NCC(C)C(=O)OC)CC1. The van der Waals surface area contributed by atoms with E-state index in [1.165, 1.54) is 7.11 Å². The van der Waals surface area contributed by atoms with Crippen molar-refractivity contribution < 1.29 is 19.1 Å². The maximum Gasteiger partial charge on any atom is 0.409 e. The number of carbonyl (C=O) groups excluding carboxylic acids is 2. The number of guanidine groups is 1. The number of nitrogens with one attached hydrogen (secondary N) is 1. The van der Waals surface area contributed by atoms with Gasteiger partial charge >= 0.3 is 12.1 Å². The lowest BCUT2D eigenvalue weighted by atomic mass is 10.1. The van der Waals surface area contributed by atoms with E-state index in [1.807, 2.05) is 0 Å². The van der Waals surface area contributed by atoms with E-state index in [9.17, 15) is 9.59 Å². The molecule has 3 N–H and O–H groups in total. The molecule has 1 aliphatic heterocycles. The van der Waals surface area contributed by atoms with Gasteiger partial charge in [-0.15, -0.1) is 0 Å². The zero-order valence-electron chi connectivity index (χ0n) is 13.5. The molecule has 8 heteroatoms. The van der Waals surface area contributed by atoms with Gasteiger partial charge < -0.3 is 25.4 Å². The van der Waals surface area contributed by atoms with Gasteiger partial charge in [-0.25, -0.2) is 4.79 Å². The number of methoxy groups -OCH3 is 1. The van der Waals surface area contributed by atoms with Crippen LogP contribution in [0.1, 0.15) is 26.7 Å². The molecule has 1 aliphatic rings. The van der Waals surface area contributed by atoms with Crippen LogP contribution in [0.3, 0.4) is 0 Å². The Balaban J connectivity index is 2.33. The van der Waals surface area contributed by atoms with Crippen molar-refractivity contribution in [2.75, 3.05) is 33.4 Å². The zero-order valence-corrected chi connectivity index (χ0v) is 13.5. The molecule has 8 nitrogen and oxygen atoms in total. The van der Waals surface area contributed by atoms with Gasteiger partial charge in [-0.05, 0) is 19.8 Å². The number of rotatable bonds is 5. The van der Waals surface area contributed by atoms with Crippen molar-refractivity contribution in [3.05, 3.63) is 0 Å². The Morgan fingerprint density at radius 3 is 2.59 bits per heavy atom.